The Labute approximate surface area is 139 Å². The fourth-order valence-electron chi connectivity index (χ4n) is 2.26. The van der Waals surface area contributed by atoms with E-state index in [-0.39, 0.29) is 11.2 Å². The van der Waals surface area contributed by atoms with E-state index in [2.05, 4.69) is 45.1 Å². The molecule has 4 N–H and O–H groups in total. The number of hydrogen-bond donors (Lipinski definition) is 3. The van der Waals surface area contributed by atoms with E-state index in [0.717, 1.165) is 11.1 Å². The predicted molar refractivity (Wildman–Crippen MR) is 92.9 cm³/mol. The first-order chi connectivity index (χ1) is 11.3. The Morgan fingerprint density at radius 2 is 1.43 bits per heavy atom. The van der Waals surface area contributed by atoms with E-state index < -0.39 is 0 Å². The minimum atomic E-state index is -0.0643. The van der Waals surface area contributed by atoms with Crippen molar-refractivity contribution >= 4 is 23.1 Å². The van der Waals surface area contributed by atoms with Gasteiger partial charge in [-0.2, -0.15) is 0 Å². The van der Waals surface area contributed by atoms with Gasteiger partial charge in [0.15, 0.2) is 11.0 Å². The van der Waals surface area contributed by atoms with E-state index in [1.54, 1.807) is 0 Å². The number of hydrazine groups is 1. The maximum Gasteiger partial charge on any atom is 0.168 e. The number of halogens is 1. The van der Waals surface area contributed by atoms with Crippen LogP contribution in [-0.4, -0.2) is 9.97 Å². The van der Waals surface area contributed by atoms with Crippen LogP contribution in [0.4, 0.5) is 11.5 Å². The highest BCUT2D eigenvalue weighted by Gasteiger charge is 2.14. The summed E-state index contributed by atoms with van der Waals surface area (Å²) in [4.78, 5) is 7.95. The maximum atomic E-state index is 5.92. The molecule has 0 saturated carbocycles. The minimum absolute atomic E-state index is 0.0643. The molecule has 3 aromatic rings. The number of hydrogen-bond acceptors (Lipinski definition) is 5. The molecule has 0 bridgehead atoms. The van der Waals surface area contributed by atoms with Gasteiger partial charge in [-0.15, -0.1) is 0 Å². The van der Waals surface area contributed by atoms with Crippen LogP contribution >= 0.6 is 11.6 Å². The molecule has 0 fully saturated rings. The zero-order chi connectivity index (χ0) is 16.1. The number of nitrogens with zero attached hydrogens (tertiary/aromatic N) is 2. The standard InChI is InChI=1S/C17H16ClN5/c18-16-14(19)17(21-11-20-16)23-22-15(12-7-3-1-4-8-12)13-9-5-2-6-10-13/h1-11,15,22H,19H2,(H,20,21,23). The van der Waals surface area contributed by atoms with Gasteiger partial charge in [0.1, 0.15) is 12.0 Å². The third kappa shape index (κ3) is 3.59. The fraction of sp³-hybridized carbons (Fsp3) is 0.0588. The highest BCUT2D eigenvalue weighted by atomic mass is 35.5. The van der Waals surface area contributed by atoms with E-state index in [0.29, 0.717) is 11.5 Å². The number of anilines is 2. The van der Waals surface area contributed by atoms with Crippen LogP contribution in [0.5, 0.6) is 0 Å². The topological polar surface area (TPSA) is 75.9 Å². The summed E-state index contributed by atoms with van der Waals surface area (Å²) < 4.78 is 0. The molecule has 0 amide bonds. The van der Waals surface area contributed by atoms with Crippen molar-refractivity contribution in [3.05, 3.63) is 83.3 Å². The summed E-state index contributed by atoms with van der Waals surface area (Å²) in [5.41, 5.74) is 14.7. The zero-order valence-electron chi connectivity index (χ0n) is 12.3. The molecule has 0 unspecified atom stereocenters. The molecule has 1 heterocycles. The van der Waals surface area contributed by atoms with Gasteiger partial charge >= 0.3 is 0 Å². The monoisotopic (exact) mass is 325 g/mol. The summed E-state index contributed by atoms with van der Waals surface area (Å²) in [5, 5.41) is 0.222. The number of aromatic nitrogens is 2. The lowest BCUT2D eigenvalue weighted by Crippen LogP contribution is -2.29. The molecule has 0 aliphatic rings. The van der Waals surface area contributed by atoms with Crippen LogP contribution in [0.25, 0.3) is 0 Å². The molecule has 3 rings (SSSR count). The summed E-state index contributed by atoms with van der Waals surface area (Å²) in [5.74, 6) is 0.446. The summed E-state index contributed by atoms with van der Waals surface area (Å²) in [7, 11) is 0. The van der Waals surface area contributed by atoms with Crippen molar-refractivity contribution in [2.75, 3.05) is 11.2 Å². The summed E-state index contributed by atoms with van der Waals surface area (Å²) >= 11 is 5.92. The van der Waals surface area contributed by atoms with Crippen LogP contribution in [0.15, 0.2) is 67.0 Å². The third-order valence-corrected chi connectivity index (χ3v) is 3.74. The molecule has 5 nitrogen and oxygen atoms in total. The largest absolute Gasteiger partial charge is 0.393 e. The van der Waals surface area contributed by atoms with Crippen molar-refractivity contribution in [2.45, 2.75) is 6.04 Å². The summed E-state index contributed by atoms with van der Waals surface area (Å²) in [6.45, 7) is 0. The van der Waals surface area contributed by atoms with Crippen LogP contribution in [-0.2, 0) is 0 Å². The van der Waals surface area contributed by atoms with Gasteiger partial charge in [0.25, 0.3) is 0 Å². The van der Waals surface area contributed by atoms with Crippen LogP contribution in [0, 0.1) is 0 Å². The minimum Gasteiger partial charge on any atom is -0.393 e. The Balaban J connectivity index is 1.86. The second-order valence-corrected chi connectivity index (χ2v) is 5.31. The first-order valence-electron chi connectivity index (χ1n) is 7.13. The van der Waals surface area contributed by atoms with E-state index in [4.69, 9.17) is 17.3 Å². The SMILES string of the molecule is Nc1c(Cl)ncnc1NNC(c1ccccc1)c1ccccc1. The van der Waals surface area contributed by atoms with Crippen LogP contribution in [0.1, 0.15) is 17.2 Å². The highest BCUT2D eigenvalue weighted by molar-refractivity contribution is 6.32. The second-order valence-electron chi connectivity index (χ2n) is 4.95. The maximum absolute atomic E-state index is 5.92. The number of nitrogens with two attached hydrogens (primary N) is 1. The quantitative estimate of drug-likeness (QED) is 0.495. The van der Waals surface area contributed by atoms with Gasteiger partial charge in [0, 0.05) is 0 Å². The summed E-state index contributed by atoms with van der Waals surface area (Å²) in [6.07, 6.45) is 1.36. The van der Waals surface area contributed by atoms with Crippen LogP contribution < -0.4 is 16.6 Å². The Hall–Kier alpha value is -2.63. The van der Waals surface area contributed by atoms with Gasteiger partial charge in [-0.25, -0.2) is 15.4 Å². The number of nitrogens with one attached hydrogen (secondary N) is 2. The Morgan fingerprint density at radius 1 is 0.870 bits per heavy atom. The molecule has 0 aliphatic heterocycles. The lowest BCUT2D eigenvalue weighted by atomic mass is 9.99. The van der Waals surface area contributed by atoms with Crippen molar-refractivity contribution in [3.8, 4) is 0 Å². The smallest absolute Gasteiger partial charge is 0.168 e. The first kappa shape index (κ1) is 15.3. The van der Waals surface area contributed by atoms with E-state index in [1.165, 1.54) is 6.33 Å². The third-order valence-electron chi connectivity index (χ3n) is 3.44. The van der Waals surface area contributed by atoms with E-state index in [1.807, 2.05) is 36.4 Å². The number of nitrogen functional groups attached to an aromatic ring is 1. The van der Waals surface area contributed by atoms with E-state index in [9.17, 15) is 0 Å². The van der Waals surface area contributed by atoms with Crippen molar-refractivity contribution < 1.29 is 0 Å². The lowest BCUT2D eigenvalue weighted by Gasteiger charge is -2.21. The van der Waals surface area contributed by atoms with Gasteiger partial charge < -0.3 is 11.2 Å². The molecule has 23 heavy (non-hydrogen) atoms. The van der Waals surface area contributed by atoms with Gasteiger partial charge in [0.2, 0.25) is 0 Å². The van der Waals surface area contributed by atoms with Crippen LogP contribution in [0.2, 0.25) is 5.15 Å². The molecular formula is C17H16ClN5. The van der Waals surface area contributed by atoms with Gasteiger partial charge in [-0.05, 0) is 11.1 Å². The Morgan fingerprint density at radius 3 is 2.00 bits per heavy atom. The van der Waals surface area contributed by atoms with Crippen molar-refractivity contribution in [1.29, 1.82) is 0 Å². The Kier molecular flexibility index (Phi) is 4.71. The average molecular weight is 326 g/mol. The van der Waals surface area contributed by atoms with Crippen molar-refractivity contribution in [3.63, 3.8) is 0 Å². The lowest BCUT2D eigenvalue weighted by molar-refractivity contribution is 0.679. The first-order valence-corrected chi connectivity index (χ1v) is 7.51. The zero-order valence-corrected chi connectivity index (χ0v) is 13.0. The normalized spacial score (nSPS) is 10.7. The Bertz CT molecular complexity index is 725. The number of rotatable bonds is 5. The molecule has 0 saturated heterocycles. The van der Waals surface area contributed by atoms with Gasteiger partial charge in [-0.3, -0.25) is 0 Å². The molecule has 0 aliphatic carbocycles. The fourth-order valence-corrected chi connectivity index (χ4v) is 2.40. The van der Waals surface area contributed by atoms with Crippen molar-refractivity contribution in [1.82, 2.24) is 15.4 Å². The molecule has 116 valence electrons. The molecule has 6 heteroatoms. The molecule has 0 radical (unpaired) electrons. The highest BCUT2D eigenvalue weighted by Crippen LogP contribution is 2.24. The molecule has 2 aromatic carbocycles. The number of benzene rings is 2. The summed E-state index contributed by atoms with van der Waals surface area (Å²) in [6, 6.07) is 20.2. The van der Waals surface area contributed by atoms with E-state index >= 15 is 0 Å². The average Bonchev–Trinajstić information content (AvgIpc) is 2.60. The predicted octanol–water partition coefficient (Wildman–Crippen LogP) is 3.42. The van der Waals surface area contributed by atoms with Gasteiger partial charge in [0.05, 0.1) is 6.04 Å². The van der Waals surface area contributed by atoms with Crippen molar-refractivity contribution in [2.24, 2.45) is 0 Å². The second kappa shape index (κ2) is 7.09. The van der Waals surface area contributed by atoms with Gasteiger partial charge in [-0.1, -0.05) is 72.3 Å². The molecule has 0 atom stereocenters. The van der Waals surface area contributed by atoms with Crippen LogP contribution in [0.3, 0.4) is 0 Å². The molecular weight excluding hydrogens is 310 g/mol. The molecule has 1 aromatic heterocycles. The molecule has 0 spiro atoms.